The third-order valence-electron chi connectivity index (χ3n) is 5.68. The molecule has 1 amide bonds. The molecule has 0 aliphatic heterocycles. The standard InChI is InChI=1S/C21H33NO6/c1-14(23)7-4-2-3-5-8-15-16(19(26)13-18(15)25)10-11-17(24)21(27)22-20-9-6-12-28-20/h6,9,12,15-19,24-26H,2-5,7-8,10-11,13H2,1H3,(H,22,27)/t15-,16-,17?,18+,19-/m1/s1. The minimum Gasteiger partial charge on any atom is -0.449 e. The lowest BCUT2D eigenvalue weighted by Gasteiger charge is -2.24. The van der Waals surface area contributed by atoms with Crippen LogP contribution in [-0.2, 0) is 9.59 Å². The Balaban J connectivity index is 1.74. The van der Waals surface area contributed by atoms with Crippen molar-refractivity contribution in [2.45, 2.75) is 83.0 Å². The van der Waals surface area contributed by atoms with Crippen molar-refractivity contribution in [2.75, 3.05) is 5.32 Å². The second kappa shape index (κ2) is 11.3. The maximum Gasteiger partial charge on any atom is 0.255 e. The van der Waals surface area contributed by atoms with Crippen molar-refractivity contribution in [2.24, 2.45) is 11.8 Å². The maximum atomic E-state index is 12.0. The van der Waals surface area contributed by atoms with Gasteiger partial charge in [-0.05, 0) is 56.9 Å². The summed E-state index contributed by atoms with van der Waals surface area (Å²) in [7, 11) is 0. The molecule has 1 aliphatic rings. The number of anilines is 1. The van der Waals surface area contributed by atoms with E-state index in [1.165, 1.54) is 6.26 Å². The molecule has 0 aromatic carbocycles. The van der Waals surface area contributed by atoms with Gasteiger partial charge in [-0.25, -0.2) is 0 Å². The van der Waals surface area contributed by atoms with E-state index in [0.717, 1.165) is 32.1 Å². The summed E-state index contributed by atoms with van der Waals surface area (Å²) in [4.78, 5) is 23.0. The van der Waals surface area contributed by atoms with E-state index in [1.807, 2.05) is 0 Å². The van der Waals surface area contributed by atoms with Crippen LogP contribution in [0.25, 0.3) is 0 Å². The molecule has 1 aliphatic carbocycles. The highest BCUT2D eigenvalue weighted by Gasteiger charge is 2.41. The molecule has 28 heavy (non-hydrogen) atoms. The molecule has 0 spiro atoms. The first kappa shape index (κ1) is 22.6. The number of Topliss-reactive ketones (excluding diaryl/α,β-unsaturated/α-hetero) is 1. The number of hydrogen-bond donors (Lipinski definition) is 4. The van der Waals surface area contributed by atoms with Crippen molar-refractivity contribution in [3.63, 3.8) is 0 Å². The summed E-state index contributed by atoms with van der Waals surface area (Å²) in [5, 5.41) is 33.2. The molecule has 0 bridgehead atoms. The number of aliphatic hydroxyl groups is 3. The number of carbonyl (C=O) groups is 2. The van der Waals surface area contributed by atoms with Crippen molar-refractivity contribution in [3.05, 3.63) is 18.4 Å². The number of rotatable bonds is 12. The normalized spacial score (nSPS) is 25.6. The van der Waals surface area contributed by atoms with Gasteiger partial charge >= 0.3 is 0 Å². The molecule has 1 unspecified atom stereocenters. The Morgan fingerprint density at radius 2 is 1.82 bits per heavy atom. The van der Waals surface area contributed by atoms with Crippen molar-refractivity contribution < 1.29 is 29.3 Å². The minimum absolute atomic E-state index is 0.0249. The van der Waals surface area contributed by atoms with Gasteiger partial charge in [0, 0.05) is 12.5 Å². The molecule has 158 valence electrons. The van der Waals surface area contributed by atoms with Gasteiger partial charge in [0.05, 0.1) is 18.5 Å². The van der Waals surface area contributed by atoms with Gasteiger partial charge in [0.1, 0.15) is 11.9 Å². The largest absolute Gasteiger partial charge is 0.449 e. The van der Waals surface area contributed by atoms with Crippen LogP contribution < -0.4 is 5.32 Å². The van der Waals surface area contributed by atoms with E-state index in [0.29, 0.717) is 19.3 Å². The van der Waals surface area contributed by atoms with Gasteiger partial charge < -0.3 is 24.5 Å². The quantitative estimate of drug-likeness (QED) is 0.404. The number of unbranched alkanes of at least 4 members (excludes halogenated alkanes) is 3. The molecule has 7 heteroatoms. The average molecular weight is 395 g/mol. The van der Waals surface area contributed by atoms with E-state index in [4.69, 9.17) is 4.42 Å². The van der Waals surface area contributed by atoms with E-state index in [9.17, 15) is 24.9 Å². The molecular weight excluding hydrogens is 362 g/mol. The lowest BCUT2D eigenvalue weighted by atomic mass is 9.84. The molecule has 0 radical (unpaired) electrons. The number of furan rings is 1. The van der Waals surface area contributed by atoms with Gasteiger partial charge in [0.25, 0.3) is 5.91 Å². The highest BCUT2D eigenvalue weighted by Crippen LogP contribution is 2.39. The van der Waals surface area contributed by atoms with Crippen LogP contribution in [0.1, 0.15) is 64.7 Å². The summed E-state index contributed by atoms with van der Waals surface area (Å²) in [5.74, 6) is -0.196. The van der Waals surface area contributed by atoms with Gasteiger partial charge in [0.2, 0.25) is 0 Å². The van der Waals surface area contributed by atoms with E-state index < -0.39 is 24.2 Å². The van der Waals surface area contributed by atoms with Crippen LogP contribution >= 0.6 is 0 Å². The topological polar surface area (TPSA) is 120 Å². The van der Waals surface area contributed by atoms with Crippen LogP contribution in [0.4, 0.5) is 5.88 Å². The van der Waals surface area contributed by atoms with E-state index >= 15 is 0 Å². The molecule has 1 aromatic rings. The number of amides is 1. The molecule has 1 aromatic heterocycles. The Morgan fingerprint density at radius 1 is 1.14 bits per heavy atom. The Morgan fingerprint density at radius 3 is 2.46 bits per heavy atom. The summed E-state index contributed by atoms with van der Waals surface area (Å²) >= 11 is 0. The zero-order valence-electron chi connectivity index (χ0n) is 16.5. The van der Waals surface area contributed by atoms with E-state index in [1.54, 1.807) is 19.1 Å². The predicted molar refractivity (Wildman–Crippen MR) is 105 cm³/mol. The molecule has 1 fully saturated rings. The second-order valence-corrected chi connectivity index (χ2v) is 7.91. The fourth-order valence-electron chi connectivity index (χ4n) is 4.12. The number of hydrogen-bond acceptors (Lipinski definition) is 6. The van der Waals surface area contributed by atoms with Crippen molar-refractivity contribution >= 4 is 17.6 Å². The first-order valence-corrected chi connectivity index (χ1v) is 10.3. The van der Waals surface area contributed by atoms with Crippen molar-refractivity contribution in [1.82, 2.24) is 0 Å². The Labute approximate surface area is 166 Å². The lowest BCUT2D eigenvalue weighted by Crippen LogP contribution is -2.30. The number of aliphatic hydroxyl groups excluding tert-OH is 3. The zero-order valence-corrected chi connectivity index (χ0v) is 16.5. The summed E-state index contributed by atoms with van der Waals surface area (Å²) in [6, 6.07) is 3.23. The van der Waals surface area contributed by atoms with E-state index in [-0.39, 0.29) is 29.9 Å². The highest BCUT2D eigenvalue weighted by atomic mass is 16.3. The molecule has 1 heterocycles. The predicted octanol–water partition coefficient (Wildman–Crippen LogP) is 2.65. The van der Waals surface area contributed by atoms with Gasteiger partial charge in [-0.15, -0.1) is 0 Å². The van der Waals surface area contributed by atoms with Gasteiger partial charge in [-0.2, -0.15) is 0 Å². The van der Waals surface area contributed by atoms with Gasteiger partial charge in [-0.1, -0.05) is 19.3 Å². The third kappa shape index (κ3) is 7.04. The number of ketones is 1. The molecule has 7 nitrogen and oxygen atoms in total. The summed E-state index contributed by atoms with van der Waals surface area (Å²) in [5.41, 5.74) is 0. The SMILES string of the molecule is CC(=O)CCCCCC[C@@H]1[C@@H](CCC(O)C(=O)Nc2ccco2)[C@H](O)C[C@@H]1O. The second-order valence-electron chi connectivity index (χ2n) is 7.91. The monoisotopic (exact) mass is 395 g/mol. The molecule has 0 saturated heterocycles. The fourth-order valence-corrected chi connectivity index (χ4v) is 4.12. The highest BCUT2D eigenvalue weighted by molar-refractivity contribution is 5.92. The summed E-state index contributed by atoms with van der Waals surface area (Å²) in [6.45, 7) is 1.60. The van der Waals surface area contributed by atoms with Gasteiger partial charge in [-0.3, -0.25) is 10.1 Å². The Hall–Kier alpha value is -1.70. The van der Waals surface area contributed by atoms with Crippen LogP contribution in [0.2, 0.25) is 0 Å². The average Bonchev–Trinajstić information content (AvgIpc) is 3.23. The maximum absolute atomic E-state index is 12.0. The van der Waals surface area contributed by atoms with Crippen LogP contribution in [-0.4, -0.2) is 45.3 Å². The summed E-state index contributed by atoms with van der Waals surface area (Å²) < 4.78 is 5.03. The van der Waals surface area contributed by atoms with Crippen LogP contribution in [0, 0.1) is 11.8 Å². The molecule has 2 rings (SSSR count). The zero-order chi connectivity index (χ0) is 20.5. The lowest BCUT2D eigenvalue weighted by molar-refractivity contribution is -0.124. The minimum atomic E-state index is -1.19. The molecule has 5 atom stereocenters. The molecule has 4 N–H and O–H groups in total. The number of carbonyl (C=O) groups excluding carboxylic acids is 2. The van der Waals surface area contributed by atoms with Crippen molar-refractivity contribution in [3.8, 4) is 0 Å². The third-order valence-corrected chi connectivity index (χ3v) is 5.68. The number of nitrogens with one attached hydrogen (secondary N) is 1. The first-order valence-electron chi connectivity index (χ1n) is 10.3. The van der Waals surface area contributed by atoms with E-state index in [2.05, 4.69) is 5.32 Å². The smallest absolute Gasteiger partial charge is 0.255 e. The summed E-state index contributed by atoms with van der Waals surface area (Å²) in [6.07, 6.45) is 5.34. The Kier molecular flexibility index (Phi) is 9.15. The molecular formula is C21H33NO6. The molecule has 1 saturated carbocycles. The van der Waals surface area contributed by atoms with Gasteiger partial charge in [0.15, 0.2) is 5.88 Å². The van der Waals surface area contributed by atoms with Crippen molar-refractivity contribution in [1.29, 1.82) is 0 Å². The Bertz CT molecular complexity index is 602. The first-order chi connectivity index (χ1) is 13.4. The van der Waals surface area contributed by atoms with Crippen LogP contribution in [0.15, 0.2) is 22.8 Å². The van der Waals surface area contributed by atoms with Crippen LogP contribution in [0.3, 0.4) is 0 Å². The fraction of sp³-hybridized carbons (Fsp3) is 0.714. The van der Waals surface area contributed by atoms with Crippen LogP contribution in [0.5, 0.6) is 0 Å².